The first-order valence-corrected chi connectivity index (χ1v) is 9.49. The second-order valence-corrected chi connectivity index (χ2v) is 8.41. The van der Waals surface area contributed by atoms with E-state index in [1.54, 1.807) is 0 Å². The molecule has 224 valence electrons. The van der Waals surface area contributed by atoms with E-state index in [1.165, 1.54) is 0 Å². The van der Waals surface area contributed by atoms with Crippen LogP contribution in [0.2, 0.25) is 0 Å². The van der Waals surface area contributed by atoms with E-state index in [0.29, 0.717) is 0 Å². The van der Waals surface area contributed by atoms with Gasteiger partial charge in [0.1, 0.15) is 0 Å². The summed E-state index contributed by atoms with van der Waals surface area (Å²) in [5.41, 5.74) is 0. The first-order valence-electron chi connectivity index (χ1n) is 7.88. The lowest BCUT2D eigenvalue weighted by molar-refractivity contribution is -0.474. The molecule has 0 unspecified atom stereocenters. The van der Waals surface area contributed by atoms with E-state index in [0.717, 1.165) is 0 Å². The molecule has 3 nitrogen and oxygen atoms in total. The van der Waals surface area contributed by atoms with Crippen molar-refractivity contribution >= 4 is 10.1 Å². The standard InChI is InChI=1S/C12H5F21O3S/c13-3(14,1-2-37(34,35)36)4(15,16)5(17,18)6(19,20)7(21,22)8(23,24)9(25,26)10(27,28)11(29,30)12(31,32)33/h1-2H2,(H,34,35,36)/i2+1. The topological polar surface area (TPSA) is 54.4 Å². The molecule has 0 heterocycles. The van der Waals surface area contributed by atoms with E-state index < -0.39 is 81.8 Å². The molecular formula is C12H5F21O3S. The molecule has 0 rings (SSSR count). The van der Waals surface area contributed by atoms with Crippen LogP contribution >= 0.6 is 0 Å². The Morgan fingerprint density at radius 3 is 0.838 bits per heavy atom. The Labute approximate surface area is 188 Å². The molecule has 0 aromatic carbocycles. The third-order valence-electron chi connectivity index (χ3n) is 4.25. The van der Waals surface area contributed by atoms with Crippen molar-refractivity contribution in [3.05, 3.63) is 0 Å². The van der Waals surface area contributed by atoms with Crippen LogP contribution < -0.4 is 0 Å². The minimum absolute atomic E-state index is 2.76. The number of hydrogen-bond acceptors (Lipinski definition) is 2. The Morgan fingerprint density at radius 2 is 0.622 bits per heavy atom. The van der Waals surface area contributed by atoms with Crippen molar-refractivity contribution in [1.82, 2.24) is 0 Å². The van der Waals surface area contributed by atoms with Gasteiger partial charge in [-0.15, -0.1) is 0 Å². The normalized spacial score (nSPS) is 16.8. The quantitative estimate of drug-likeness (QED) is 0.161. The molecule has 0 bridgehead atoms. The summed E-state index contributed by atoms with van der Waals surface area (Å²) in [6.07, 6.45) is -11.5. The lowest BCUT2D eigenvalue weighted by atomic mass is 9.86. The molecule has 0 saturated carbocycles. The van der Waals surface area contributed by atoms with Crippen molar-refractivity contribution in [2.75, 3.05) is 5.75 Å². The monoisotopic (exact) mass is 629 g/mol. The molecule has 0 fully saturated rings. The first kappa shape index (κ1) is 35.4. The molecule has 0 saturated heterocycles. The lowest BCUT2D eigenvalue weighted by Gasteiger charge is -2.44. The van der Waals surface area contributed by atoms with Gasteiger partial charge in [0.15, 0.2) is 0 Å². The lowest BCUT2D eigenvalue weighted by Crippen LogP contribution is -2.76. The maximum Gasteiger partial charge on any atom is 0.460 e. The summed E-state index contributed by atoms with van der Waals surface area (Å²) in [6, 6.07) is 0. The van der Waals surface area contributed by atoms with Gasteiger partial charge in [0, 0.05) is 6.42 Å². The summed E-state index contributed by atoms with van der Waals surface area (Å²) in [6.45, 7) is 0. The smallest absolute Gasteiger partial charge is 0.286 e. The van der Waals surface area contributed by atoms with Crippen molar-refractivity contribution in [3.8, 4) is 0 Å². The summed E-state index contributed by atoms with van der Waals surface area (Å²) in [4.78, 5) is 0. The Balaban J connectivity index is 7.00. The fraction of sp³-hybridized carbons (Fsp3) is 1.00. The highest BCUT2D eigenvalue weighted by molar-refractivity contribution is 7.85. The van der Waals surface area contributed by atoms with Gasteiger partial charge < -0.3 is 0 Å². The second-order valence-electron chi connectivity index (χ2n) is 6.83. The number of rotatable bonds is 11. The van der Waals surface area contributed by atoms with Crippen LogP contribution in [0.5, 0.6) is 0 Å². The maximum absolute atomic E-state index is 13.5. The van der Waals surface area contributed by atoms with Gasteiger partial charge in [-0.1, -0.05) is 0 Å². The minimum Gasteiger partial charge on any atom is -0.286 e. The second kappa shape index (κ2) is 8.72. The third kappa shape index (κ3) is 4.85. The molecule has 1 N–H and O–H groups in total. The zero-order chi connectivity index (χ0) is 30.9. The molecule has 0 aromatic heterocycles. The fourth-order valence-electron chi connectivity index (χ4n) is 2.00. The van der Waals surface area contributed by atoms with E-state index in [2.05, 4.69) is 0 Å². The van der Waals surface area contributed by atoms with Crippen LogP contribution in [0.4, 0.5) is 92.2 Å². The van der Waals surface area contributed by atoms with Crippen LogP contribution in [0.3, 0.4) is 0 Å². The number of halogens is 21. The van der Waals surface area contributed by atoms with Crippen molar-refractivity contribution < 1.29 is 105 Å². The van der Waals surface area contributed by atoms with Crippen molar-refractivity contribution in [2.45, 2.75) is 65.9 Å². The largest absolute Gasteiger partial charge is 0.460 e. The van der Waals surface area contributed by atoms with Crippen LogP contribution in [0.1, 0.15) is 6.42 Å². The molecule has 0 spiro atoms. The van der Waals surface area contributed by atoms with Gasteiger partial charge in [0.25, 0.3) is 10.1 Å². The molecule has 0 aliphatic heterocycles. The van der Waals surface area contributed by atoms with Gasteiger partial charge in [-0.3, -0.25) is 4.55 Å². The summed E-state index contributed by atoms with van der Waals surface area (Å²) in [5.74, 6) is -81.1. The molecule has 0 radical (unpaired) electrons. The number of alkyl halides is 21. The summed E-state index contributed by atoms with van der Waals surface area (Å²) in [5, 5.41) is 0. The van der Waals surface area contributed by atoms with E-state index in [-0.39, 0.29) is 0 Å². The van der Waals surface area contributed by atoms with Crippen LogP contribution in [0, 0.1) is 0 Å². The Morgan fingerprint density at radius 1 is 0.405 bits per heavy atom. The molecule has 0 aliphatic carbocycles. The first-order chi connectivity index (χ1) is 15.5. The van der Waals surface area contributed by atoms with Crippen LogP contribution in [-0.2, 0) is 10.1 Å². The molecule has 0 aromatic rings. The average Bonchev–Trinajstić information content (AvgIpc) is 2.63. The van der Waals surface area contributed by atoms with Crippen molar-refractivity contribution in [1.29, 1.82) is 0 Å². The highest BCUT2D eigenvalue weighted by Crippen LogP contribution is 2.66. The SMILES string of the molecule is O=S(=O)(O)[13CH2]CC(F)(F)C(F)(F)C(F)(F)C(F)(F)C(F)(F)C(F)(F)C(F)(F)C(F)(F)C(F)(F)C(F)(F)F. The van der Waals surface area contributed by atoms with E-state index >= 15 is 0 Å². The van der Waals surface area contributed by atoms with E-state index in [9.17, 15) is 101 Å². The predicted octanol–water partition coefficient (Wildman–Crippen LogP) is 6.54. The van der Waals surface area contributed by atoms with Gasteiger partial charge in [-0.2, -0.15) is 101 Å². The van der Waals surface area contributed by atoms with Crippen molar-refractivity contribution in [3.63, 3.8) is 0 Å². The van der Waals surface area contributed by atoms with Crippen molar-refractivity contribution in [2.24, 2.45) is 0 Å². The zero-order valence-electron chi connectivity index (χ0n) is 16.0. The zero-order valence-corrected chi connectivity index (χ0v) is 16.8. The minimum atomic E-state index is -9.27. The van der Waals surface area contributed by atoms with Gasteiger partial charge in [0.2, 0.25) is 0 Å². The highest BCUT2D eigenvalue weighted by atomic mass is 32.2. The Kier molecular flexibility index (Phi) is 8.36. The predicted molar refractivity (Wildman–Crippen MR) is 71.6 cm³/mol. The fourth-order valence-corrected chi connectivity index (χ4v) is 2.52. The average molecular weight is 629 g/mol. The molecular weight excluding hydrogens is 624 g/mol. The summed E-state index contributed by atoms with van der Waals surface area (Å²) in [7, 11) is -5.87. The highest BCUT2D eigenvalue weighted by Gasteiger charge is 2.97. The molecule has 0 aliphatic rings. The third-order valence-corrected chi connectivity index (χ3v) is 4.97. The van der Waals surface area contributed by atoms with E-state index in [1.807, 2.05) is 0 Å². The van der Waals surface area contributed by atoms with Gasteiger partial charge in [-0.25, -0.2) is 0 Å². The molecule has 25 heteroatoms. The Bertz CT molecular complexity index is 946. The van der Waals surface area contributed by atoms with Gasteiger partial charge in [0.05, 0.1) is 5.75 Å². The van der Waals surface area contributed by atoms with Crippen LogP contribution in [0.25, 0.3) is 0 Å². The maximum atomic E-state index is 13.5. The van der Waals surface area contributed by atoms with Crippen LogP contribution in [-0.4, -0.2) is 78.2 Å². The summed E-state index contributed by atoms with van der Waals surface area (Å²) < 4.78 is 303. The molecule has 0 atom stereocenters. The molecule has 0 amide bonds. The Hall–Kier alpha value is -1.56. The summed E-state index contributed by atoms with van der Waals surface area (Å²) >= 11 is 0. The van der Waals surface area contributed by atoms with Crippen LogP contribution in [0.15, 0.2) is 0 Å². The van der Waals surface area contributed by atoms with Gasteiger partial charge >= 0.3 is 59.5 Å². The van der Waals surface area contributed by atoms with E-state index in [4.69, 9.17) is 4.55 Å². The van der Waals surface area contributed by atoms with Gasteiger partial charge in [-0.05, 0) is 0 Å². The number of hydrogen-bond donors (Lipinski definition) is 1. The molecule has 37 heavy (non-hydrogen) atoms.